The van der Waals surface area contributed by atoms with Crippen molar-refractivity contribution in [2.45, 2.75) is 33.2 Å². The van der Waals surface area contributed by atoms with Gasteiger partial charge >= 0.3 is 11.9 Å². The molecule has 10 heteroatoms. The first-order valence-electron chi connectivity index (χ1n) is 11.2. The van der Waals surface area contributed by atoms with Crippen molar-refractivity contribution in [1.82, 2.24) is 0 Å². The number of fused-ring (bicyclic) bond motifs is 1. The van der Waals surface area contributed by atoms with Crippen molar-refractivity contribution >= 4 is 69.7 Å². The van der Waals surface area contributed by atoms with E-state index in [1.165, 1.54) is 38.5 Å². The van der Waals surface area contributed by atoms with Gasteiger partial charge < -0.3 is 9.47 Å². The molecule has 0 aliphatic carbocycles. The number of halogens is 1. The first-order chi connectivity index (χ1) is 17.4. The smallest absolute Gasteiger partial charge is 0.346 e. The van der Waals surface area contributed by atoms with Crippen LogP contribution in [-0.4, -0.2) is 42.5 Å². The van der Waals surface area contributed by atoms with Gasteiger partial charge in [-0.25, -0.2) is 14.0 Å². The molecular weight excluding hydrogens is 533 g/mol. The predicted octanol–water partition coefficient (Wildman–Crippen LogP) is 5.96. The summed E-state index contributed by atoms with van der Waals surface area (Å²) < 4.78 is 24.0. The molecular formula is C27H24FNO5S3. The number of thiocarbonyl (C=S) groups is 1. The number of thioether (sulfide) groups is 2. The Balaban J connectivity index is 1.95. The van der Waals surface area contributed by atoms with E-state index in [0.29, 0.717) is 31.5 Å². The van der Waals surface area contributed by atoms with Gasteiger partial charge in [0.2, 0.25) is 0 Å². The van der Waals surface area contributed by atoms with Crippen LogP contribution in [0, 0.1) is 19.7 Å². The van der Waals surface area contributed by atoms with Crippen molar-refractivity contribution in [2.24, 2.45) is 0 Å². The van der Waals surface area contributed by atoms with E-state index in [-0.39, 0.29) is 15.7 Å². The van der Waals surface area contributed by atoms with E-state index in [1.807, 2.05) is 39.8 Å². The molecule has 1 amide bonds. The lowest BCUT2D eigenvalue weighted by Crippen LogP contribution is -2.56. The van der Waals surface area contributed by atoms with E-state index in [9.17, 15) is 18.8 Å². The number of hydrogen-bond donors (Lipinski definition) is 0. The molecule has 0 unspecified atom stereocenters. The maximum absolute atomic E-state index is 13.8. The monoisotopic (exact) mass is 557 g/mol. The Morgan fingerprint density at radius 1 is 0.919 bits per heavy atom. The average molecular weight is 558 g/mol. The van der Waals surface area contributed by atoms with Crippen molar-refractivity contribution in [1.29, 1.82) is 0 Å². The highest BCUT2D eigenvalue weighted by Crippen LogP contribution is 2.56. The molecule has 0 saturated heterocycles. The van der Waals surface area contributed by atoms with E-state index in [1.54, 1.807) is 4.90 Å². The highest BCUT2D eigenvalue weighted by molar-refractivity contribution is 8.29. The summed E-state index contributed by atoms with van der Waals surface area (Å²) in [4.78, 5) is 41.1. The average Bonchev–Trinajstić information content (AvgIpc) is 3.30. The zero-order valence-electron chi connectivity index (χ0n) is 21.1. The molecule has 192 valence electrons. The van der Waals surface area contributed by atoms with Gasteiger partial charge in [0.1, 0.15) is 15.6 Å². The Hall–Kier alpha value is -2.95. The van der Waals surface area contributed by atoms with Gasteiger partial charge in [-0.3, -0.25) is 9.69 Å². The second kappa shape index (κ2) is 10.1. The van der Waals surface area contributed by atoms with Crippen LogP contribution in [-0.2, 0) is 19.1 Å². The third-order valence-electron chi connectivity index (χ3n) is 6.30. The Morgan fingerprint density at radius 3 is 1.95 bits per heavy atom. The molecule has 2 heterocycles. The lowest BCUT2D eigenvalue weighted by Gasteiger charge is -2.45. The van der Waals surface area contributed by atoms with Gasteiger partial charge in [0.05, 0.1) is 34.5 Å². The van der Waals surface area contributed by atoms with Gasteiger partial charge in [-0.1, -0.05) is 35.7 Å². The predicted molar refractivity (Wildman–Crippen MR) is 149 cm³/mol. The third kappa shape index (κ3) is 4.62. The summed E-state index contributed by atoms with van der Waals surface area (Å²) in [7, 11) is 2.49. The van der Waals surface area contributed by atoms with Crippen LogP contribution in [0.3, 0.4) is 0 Å². The van der Waals surface area contributed by atoms with Gasteiger partial charge in [-0.2, -0.15) is 0 Å². The van der Waals surface area contributed by atoms with E-state index in [4.69, 9.17) is 21.7 Å². The Kier molecular flexibility index (Phi) is 7.38. The van der Waals surface area contributed by atoms with Gasteiger partial charge in [0.15, 0.2) is 0 Å². The lowest BCUT2D eigenvalue weighted by atomic mass is 9.81. The molecule has 0 aromatic heterocycles. The molecule has 6 nitrogen and oxygen atoms in total. The molecule has 2 aliphatic heterocycles. The van der Waals surface area contributed by atoms with Crippen molar-refractivity contribution in [3.63, 3.8) is 0 Å². The van der Waals surface area contributed by atoms with E-state index in [0.717, 1.165) is 34.7 Å². The number of benzene rings is 2. The number of ether oxygens (including phenoxy) is 2. The number of methoxy groups -OCH3 is 2. The number of anilines is 1. The zero-order valence-corrected chi connectivity index (χ0v) is 23.5. The highest BCUT2D eigenvalue weighted by atomic mass is 32.2. The minimum atomic E-state index is -0.974. The Labute approximate surface area is 228 Å². The van der Waals surface area contributed by atoms with Gasteiger partial charge in [0, 0.05) is 16.7 Å². The molecule has 0 spiro atoms. The van der Waals surface area contributed by atoms with Crippen LogP contribution in [0.1, 0.15) is 40.9 Å². The second-order valence-corrected chi connectivity index (χ2v) is 11.7. The molecule has 37 heavy (non-hydrogen) atoms. The number of nitrogens with zero attached hydrogens (tertiary/aromatic N) is 1. The fourth-order valence-electron chi connectivity index (χ4n) is 4.16. The van der Waals surface area contributed by atoms with Crippen LogP contribution in [0.4, 0.5) is 10.1 Å². The summed E-state index contributed by atoms with van der Waals surface area (Å²) in [6.45, 7) is 7.60. The summed E-state index contributed by atoms with van der Waals surface area (Å²) >= 11 is 8.20. The van der Waals surface area contributed by atoms with Crippen LogP contribution in [0.2, 0.25) is 0 Å². The fourth-order valence-corrected chi connectivity index (χ4v) is 7.19. The summed E-state index contributed by atoms with van der Waals surface area (Å²) in [5.41, 5.74) is 3.30. The minimum absolute atomic E-state index is 0.123. The van der Waals surface area contributed by atoms with Gasteiger partial charge in [-0.05, 0) is 75.2 Å². The number of aryl methyl sites for hydroxylation is 2. The number of rotatable bonds is 3. The van der Waals surface area contributed by atoms with Crippen molar-refractivity contribution < 1.29 is 28.2 Å². The quantitative estimate of drug-likeness (QED) is 0.260. The van der Waals surface area contributed by atoms with Gasteiger partial charge in [0.25, 0.3) is 5.91 Å². The molecule has 0 N–H and O–H groups in total. The maximum atomic E-state index is 13.8. The SMILES string of the molecule is COC(=O)C1=C(C(=O)OC)SC(=C2C(=S)C(C)(C)N(C(=O)c3ccc(F)cc3)c3cc(C)c(C)cc32)S1. The molecule has 2 aliphatic rings. The van der Waals surface area contributed by atoms with Crippen LogP contribution in [0.5, 0.6) is 0 Å². The Morgan fingerprint density at radius 2 is 1.43 bits per heavy atom. The molecule has 0 radical (unpaired) electrons. The van der Waals surface area contributed by atoms with Crippen molar-refractivity contribution in [3.8, 4) is 0 Å². The van der Waals surface area contributed by atoms with E-state index in [2.05, 4.69) is 0 Å². The highest BCUT2D eigenvalue weighted by Gasteiger charge is 2.46. The van der Waals surface area contributed by atoms with Crippen LogP contribution in [0.25, 0.3) is 5.57 Å². The number of amides is 1. The first-order valence-corrected chi connectivity index (χ1v) is 13.2. The topological polar surface area (TPSA) is 72.9 Å². The summed E-state index contributed by atoms with van der Waals surface area (Å²) in [6, 6.07) is 9.27. The molecule has 2 aromatic rings. The van der Waals surface area contributed by atoms with Crippen molar-refractivity contribution in [3.05, 3.63) is 78.5 Å². The fraction of sp³-hybridized carbons (Fsp3) is 0.259. The van der Waals surface area contributed by atoms with E-state index >= 15 is 0 Å². The Bertz CT molecular complexity index is 1400. The van der Waals surface area contributed by atoms with E-state index < -0.39 is 23.3 Å². The number of hydrogen-bond acceptors (Lipinski definition) is 8. The van der Waals surface area contributed by atoms with Crippen LogP contribution >= 0.6 is 35.7 Å². The van der Waals surface area contributed by atoms with Gasteiger partial charge in [-0.15, -0.1) is 0 Å². The second-order valence-electron chi connectivity index (χ2n) is 9.00. The third-order valence-corrected chi connectivity index (χ3v) is 9.56. The lowest BCUT2D eigenvalue weighted by molar-refractivity contribution is -0.138. The van der Waals surface area contributed by atoms with Crippen LogP contribution < -0.4 is 4.90 Å². The molecule has 0 saturated carbocycles. The number of esters is 2. The molecule has 0 bridgehead atoms. The molecule has 2 aromatic carbocycles. The largest absolute Gasteiger partial charge is 0.465 e. The van der Waals surface area contributed by atoms with Crippen LogP contribution in [0.15, 0.2) is 50.4 Å². The summed E-state index contributed by atoms with van der Waals surface area (Å²) in [5.74, 6) is -2.06. The minimum Gasteiger partial charge on any atom is -0.465 e. The van der Waals surface area contributed by atoms with Crippen molar-refractivity contribution in [2.75, 3.05) is 19.1 Å². The number of carbonyl (C=O) groups excluding carboxylic acids is 3. The first kappa shape index (κ1) is 27.1. The molecule has 0 fully saturated rings. The summed E-state index contributed by atoms with van der Waals surface area (Å²) in [5, 5.41) is 0. The normalized spacial score (nSPS) is 16.6. The zero-order chi connectivity index (χ0) is 27.2. The number of carbonyl (C=O) groups is 3. The summed E-state index contributed by atoms with van der Waals surface area (Å²) in [6.07, 6.45) is 0. The standard InChI is InChI=1S/C27H24FNO5S3/c1-13-11-17-18(12-14(13)2)29(23(30)15-7-9-16(28)10-8-15)27(3,4)22(35)19(17)26-36-20(24(31)33-5)21(37-26)25(32)34-6/h7-12H,1-6H3. The maximum Gasteiger partial charge on any atom is 0.346 e. The molecule has 0 atom stereocenters. The molecule has 4 rings (SSSR count).